The number of allylic oxidation sites excluding steroid dienone is 1. The summed E-state index contributed by atoms with van der Waals surface area (Å²) in [5, 5.41) is 8.90. The summed E-state index contributed by atoms with van der Waals surface area (Å²) in [6, 6.07) is 3.72. The average molecular weight is 752 g/mol. The van der Waals surface area contributed by atoms with Crippen molar-refractivity contribution in [1.82, 2.24) is 35.4 Å². The van der Waals surface area contributed by atoms with Crippen LogP contribution in [0.5, 0.6) is 5.88 Å². The van der Waals surface area contributed by atoms with Gasteiger partial charge in [-0.2, -0.15) is 0 Å². The molecule has 1 aromatic carbocycles. The second-order valence-electron chi connectivity index (χ2n) is 14.3. The molecule has 0 unspecified atom stereocenters. The summed E-state index contributed by atoms with van der Waals surface area (Å²) >= 11 is 0. The number of para-hydroxylation sites is 1. The van der Waals surface area contributed by atoms with Crippen LogP contribution in [0.3, 0.4) is 0 Å². The number of nitrogens with zero attached hydrogens (tertiary/aromatic N) is 4. The Morgan fingerprint density at radius 3 is 2.72 bits per heavy atom. The van der Waals surface area contributed by atoms with Gasteiger partial charge in [-0.15, -0.1) is 0 Å². The number of benzene rings is 1. The van der Waals surface area contributed by atoms with Crippen molar-refractivity contribution >= 4 is 44.7 Å². The lowest BCUT2D eigenvalue weighted by Gasteiger charge is -2.30. The maximum atomic E-state index is 14.8. The van der Waals surface area contributed by atoms with E-state index < -0.39 is 68.4 Å². The van der Waals surface area contributed by atoms with Gasteiger partial charge in [0.15, 0.2) is 11.5 Å². The molecule has 3 aromatic rings. The molecule has 4 heterocycles. The molecular weight excluding hydrogens is 710 g/mol. The number of ether oxygens (including phenoxy) is 1. The molecule has 0 radical (unpaired) electrons. The summed E-state index contributed by atoms with van der Waals surface area (Å²) in [4.78, 5) is 65.4. The summed E-state index contributed by atoms with van der Waals surface area (Å²) < 4.78 is 53.2. The van der Waals surface area contributed by atoms with E-state index in [1.807, 2.05) is 19.1 Å². The van der Waals surface area contributed by atoms with E-state index in [0.717, 1.165) is 19.3 Å². The number of hydrogen-bond donors (Lipinski definition) is 3. The van der Waals surface area contributed by atoms with E-state index in [1.165, 1.54) is 23.3 Å². The van der Waals surface area contributed by atoms with Crippen LogP contribution in [0.15, 0.2) is 47.2 Å². The van der Waals surface area contributed by atoms with Crippen molar-refractivity contribution in [3.05, 3.63) is 59.9 Å². The van der Waals surface area contributed by atoms with Crippen molar-refractivity contribution in [2.24, 2.45) is 5.92 Å². The third-order valence-electron chi connectivity index (χ3n) is 10.3. The van der Waals surface area contributed by atoms with Gasteiger partial charge in [-0.05, 0) is 57.1 Å². The fraction of sp³-hybridized carbons (Fsp3) is 0.528. The fourth-order valence-electron chi connectivity index (χ4n) is 7.24. The van der Waals surface area contributed by atoms with E-state index >= 15 is 0 Å². The second-order valence-corrected chi connectivity index (χ2v) is 16.3. The number of carbonyl (C=O) groups is 4. The van der Waals surface area contributed by atoms with Crippen molar-refractivity contribution in [1.29, 1.82) is 0 Å². The molecule has 2 saturated carbocycles. The smallest absolute Gasteiger partial charge is 0.274 e. The lowest BCUT2D eigenvalue weighted by Crippen LogP contribution is -2.55. The standard InChI is InChI=1S/C36H42FN7O8S/c1-2-25-34(40-31-24(37)10-8-12-26(31)38-25)52-22-17-29-33(47)41-36(19-30(45)43-53(49,50)23-13-14-23)18-21(36)9-6-4-3-5-7-11-28(35(48)44(29)20-22)39-32(46)27-15-16-51-42-27/h6,8-10,12,15-16,21-23,28-29H,2-5,7,11,13-14,17-20H2,1H3,(H,39,46)(H,41,47)(H,43,45)/b9-6-/t21-,22-,28+,29+,36+/m1/s1. The number of amides is 4. The molecule has 2 aromatic heterocycles. The van der Waals surface area contributed by atoms with Crippen molar-refractivity contribution in [2.45, 2.75) is 107 Å². The first-order chi connectivity index (χ1) is 25.5. The van der Waals surface area contributed by atoms with E-state index in [9.17, 15) is 32.0 Å². The Kier molecular flexibility index (Phi) is 10.2. The summed E-state index contributed by atoms with van der Waals surface area (Å²) in [6.45, 7) is 1.79. The Bertz CT molecular complexity index is 2040. The highest BCUT2D eigenvalue weighted by Crippen LogP contribution is 2.48. The maximum Gasteiger partial charge on any atom is 0.274 e. The molecule has 4 aliphatic rings. The number of sulfonamides is 1. The lowest BCUT2D eigenvalue weighted by molar-refractivity contribution is -0.140. The number of carbonyl (C=O) groups excluding carboxylic acids is 4. The normalized spacial score (nSPS) is 27.1. The summed E-state index contributed by atoms with van der Waals surface area (Å²) in [7, 11) is -3.80. The van der Waals surface area contributed by atoms with Gasteiger partial charge < -0.3 is 24.8 Å². The van der Waals surface area contributed by atoms with Crippen LogP contribution in [-0.2, 0) is 30.8 Å². The van der Waals surface area contributed by atoms with Gasteiger partial charge in [0, 0.05) is 18.4 Å². The van der Waals surface area contributed by atoms with E-state index in [1.54, 1.807) is 12.1 Å². The molecule has 2 aliphatic heterocycles. The van der Waals surface area contributed by atoms with E-state index in [-0.39, 0.29) is 42.4 Å². The first kappa shape index (κ1) is 36.4. The Hall–Kier alpha value is -4.93. The highest BCUT2D eigenvalue weighted by molar-refractivity contribution is 7.90. The number of nitrogens with one attached hydrogen (secondary N) is 3. The Morgan fingerprint density at radius 1 is 1.13 bits per heavy atom. The third kappa shape index (κ3) is 8.04. The molecule has 4 amide bonds. The zero-order valence-corrected chi connectivity index (χ0v) is 30.1. The lowest BCUT2D eigenvalue weighted by atomic mass is 10.0. The van der Waals surface area contributed by atoms with Gasteiger partial charge in [-0.1, -0.05) is 43.1 Å². The Morgan fingerprint density at radius 2 is 1.96 bits per heavy atom. The van der Waals surface area contributed by atoms with Crippen LogP contribution < -0.4 is 20.1 Å². The first-order valence-corrected chi connectivity index (χ1v) is 19.7. The van der Waals surface area contributed by atoms with Crippen LogP contribution in [0.2, 0.25) is 0 Å². The molecule has 5 atom stereocenters. The third-order valence-corrected chi connectivity index (χ3v) is 12.2. The molecule has 3 N–H and O–H groups in total. The van der Waals surface area contributed by atoms with Gasteiger partial charge in [0.25, 0.3) is 5.91 Å². The molecule has 282 valence electrons. The van der Waals surface area contributed by atoms with Gasteiger partial charge in [0.05, 0.1) is 29.3 Å². The van der Waals surface area contributed by atoms with Crippen molar-refractivity contribution in [3.63, 3.8) is 0 Å². The predicted molar refractivity (Wildman–Crippen MR) is 187 cm³/mol. The predicted octanol–water partition coefficient (Wildman–Crippen LogP) is 2.86. The Labute approximate surface area is 305 Å². The largest absolute Gasteiger partial charge is 0.471 e. The molecule has 7 rings (SSSR count). The van der Waals surface area contributed by atoms with Gasteiger partial charge in [-0.25, -0.2) is 22.8 Å². The molecule has 15 nitrogen and oxygen atoms in total. The van der Waals surface area contributed by atoms with Gasteiger partial charge in [0.2, 0.25) is 33.6 Å². The van der Waals surface area contributed by atoms with Crippen LogP contribution in [-0.4, -0.2) is 87.6 Å². The zero-order chi connectivity index (χ0) is 37.3. The fourth-order valence-corrected chi connectivity index (χ4v) is 8.55. The molecule has 1 saturated heterocycles. The SMILES string of the molecule is CCc1nc2cccc(F)c2nc1O[C@@H]1C[C@H]2C(=O)N[C@]3(CC(=O)NS(=O)(=O)C4CC4)C[C@H]3/C=C\CCCCC[C@H](NC(=O)c3ccon3)C(=O)N2C1. The minimum atomic E-state index is -3.80. The molecule has 53 heavy (non-hydrogen) atoms. The van der Waals surface area contributed by atoms with Gasteiger partial charge in [0.1, 0.15) is 35.7 Å². The van der Waals surface area contributed by atoms with E-state index in [2.05, 4.69) is 30.5 Å². The summed E-state index contributed by atoms with van der Waals surface area (Å²) in [5.41, 5.74) is -0.218. The maximum absolute atomic E-state index is 14.8. The highest BCUT2D eigenvalue weighted by atomic mass is 32.2. The minimum Gasteiger partial charge on any atom is -0.471 e. The molecular formula is C36H42FN7O8S. The number of hydrogen-bond acceptors (Lipinski definition) is 11. The summed E-state index contributed by atoms with van der Waals surface area (Å²) in [6.07, 6.45) is 9.15. The van der Waals surface area contributed by atoms with Gasteiger partial charge >= 0.3 is 0 Å². The quantitative estimate of drug-likeness (QED) is 0.272. The zero-order valence-electron chi connectivity index (χ0n) is 29.3. The van der Waals surface area contributed by atoms with Crippen LogP contribution in [0.1, 0.15) is 87.3 Å². The van der Waals surface area contributed by atoms with E-state index in [0.29, 0.717) is 49.7 Å². The van der Waals surface area contributed by atoms with E-state index in [4.69, 9.17) is 9.26 Å². The molecule has 0 bridgehead atoms. The average Bonchev–Trinajstić information content (AvgIpc) is 3.96. The van der Waals surface area contributed by atoms with Crippen molar-refractivity contribution in [3.8, 4) is 5.88 Å². The van der Waals surface area contributed by atoms with Crippen LogP contribution in [0, 0.1) is 11.7 Å². The minimum absolute atomic E-state index is 0.00588. The van der Waals surface area contributed by atoms with Crippen molar-refractivity contribution in [2.75, 3.05) is 6.54 Å². The summed E-state index contributed by atoms with van der Waals surface area (Å²) in [5.74, 6) is -3.11. The molecule has 17 heteroatoms. The first-order valence-electron chi connectivity index (χ1n) is 18.1. The molecule has 2 aliphatic carbocycles. The Balaban J connectivity index is 1.18. The number of rotatable bonds is 9. The van der Waals surface area contributed by atoms with Gasteiger partial charge in [-0.3, -0.25) is 23.9 Å². The number of halogens is 1. The monoisotopic (exact) mass is 751 g/mol. The van der Waals surface area contributed by atoms with Crippen LogP contribution in [0.25, 0.3) is 11.0 Å². The van der Waals surface area contributed by atoms with Crippen LogP contribution >= 0.6 is 0 Å². The number of aryl methyl sites for hydroxylation is 1. The highest BCUT2D eigenvalue weighted by Gasteiger charge is 2.57. The van der Waals surface area contributed by atoms with Crippen molar-refractivity contribution < 1.29 is 41.2 Å². The molecule has 3 fully saturated rings. The van der Waals surface area contributed by atoms with Crippen LogP contribution in [0.4, 0.5) is 4.39 Å². The topological polar surface area (TPSA) is 203 Å². The second kappa shape index (κ2) is 14.8. The number of fused-ring (bicyclic) bond motifs is 3. The number of aromatic nitrogens is 3. The molecule has 0 spiro atoms.